The molecule has 1 rings (SSSR count). The second kappa shape index (κ2) is 9.82. The van der Waals surface area contributed by atoms with Crippen LogP contribution in [-0.2, 0) is 4.79 Å². The van der Waals surface area contributed by atoms with Crippen LogP contribution >= 0.6 is 0 Å². The van der Waals surface area contributed by atoms with Gasteiger partial charge in [-0.1, -0.05) is 19.8 Å². The van der Waals surface area contributed by atoms with E-state index in [0.29, 0.717) is 18.7 Å². The van der Waals surface area contributed by atoms with Gasteiger partial charge in [-0.15, -0.1) is 0 Å². The van der Waals surface area contributed by atoms with E-state index >= 15 is 0 Å². The molecule has 2 amide bonds. The first-order valence-corrected chi connectivity index (χ1v) is 7.89. The highest BCUT2D eigenvalue weighted by Crippen LogP contribution is 2.13. The van der Waals surface area contributed by atoms with Crippen LogP contribution in [0.1, 0.15) is 50.4 Å². The van der Waals surface area contributed by atoms with Crippen LogP contribution < -0.4 is 15.4 Å². The summed E-state index contributed by atoms with van der Waals surface area (Å²) in [6.07, 6.45) is 3.34. The highest BCUT2D eigenvalue weighted by Gasteiger charge is 2.15. The molecule has 0 aromatic heterocycles. The van der Waals surface area contributed by atoms with Gasteiger partial charge in [-0.2, -0.15) is 0 Å². The lowest BCUT2D eigenvalue weighted by Crippen LogP contribution is -2.44. The van der Waals surface area contributed by atoms with Crippen LogP contribution in [-0.4, -0.2) is 31.0 Å². The number of ether oxygens (including phenoxy) is 1. The lowest BCUT2D eigenvalue weighted by Gasteiger charge is -2.13. The van der Waals surface area contributed by atoms with Crippen molar-refractivity contribution in [3.8, 4) is 5.75 Å². The Labute approximate surface area is 132 Å². The number of carbonyl (C=O) groups excluding carboxylic acids is 2. The fraction of sp³-hybridized carbons (Fsp3) is 0.529. The van der Waals surface area contributed by atoms with Gasteiger partial charge in [0.15, 0.2) is 0 Å². The molecule has 2 N–H and O–H groups in total. The zero-order chi connectivity index (χ0) is 16.4. The van der Waals surface area contributed by atoms with E-state index in [9.17, 15) is 9.59 Å². The first-order chi connectivity index (χ1) is 10.6. The van der Waals surface area contributed by atoms with Gasteiger partial charge in [0, 0.05) is 12.1 Å². The Morgan fingerprint density at radius 1 is 1.14 bits per heavy atom. The molecule has 0 saturated carbocycles. The molecule has 122 valence electrons. The summed E-state index contributed by atoms with van der Waals surface area (Å²) in [7, 11) is 0. The van der Waals surface area contributed by atoms with E-state index in [4.69, 9.17) is 4.74 Å². The summed E-state index contributed by atoms with van der Waals surface area (Å²) < 4.78 is 5.60. The van der Waals surface area contributed by atoms with E-state index in [-0.39, 0.29) is 11.8 Å². The van der Waals surface area contributed by atoms with E-state index in [1.165, 1.54) is 0 Å². The molecule has 0 aliphatic rings. The van der Waals surface area contributed by atoms with Crippen molar-refractivity contribution >= 4 is 11.8 Å². The van der Waals surface area contributed by atoms with Crippen LogP contribution in [0.3, 0.4) is 0 Å². The largest absolute Gasteiger partial charge is 0.494 e. The number of amides is 2. The van der Waals surface area contributed by atoms with E-state index in [2.05, 4.69) is 17.6 Å². The molecule has 0 unspecified atom stereocenters. The van der Waals surface area contributed by atoms with Gasteiger partial charge >= 0.3 is 0 Å². The number of likely N-dealkylation sites (N-methyl/N-ethyl adjacent to an activating group) is 1. The first-order valence-electron chi connectivity index (χ1n) is 7.89. The van der Waals surface area contributed by atoms with Crippen molar-refractivity contribution in [2.24, 2.45) is 0 Å². The smallest absolute Gasteiger partial charge is 0.251 e. The van der Waals surface area contributed by atoms with Crippen molar-refractivity contribution in [1.29, 1.82) is 0 Å². The minimum atomic E-state index is -0.558. The number of nitrogens with one attached hydrogen (secondary N) is 2. The van der Waals surface area contributed by atoms with E-state index in [1.807, 2.05) is 6.92 Å². The van der Waals surface area contributed by atoms with Crippen LogP contribution in [0.5, 0.6) is 5.75 Å². The molecule has 1 aromatic rings. The highest BCUT2D eigenvalue weighted by atomic mass is 16.5. The van der Waals surface area contributed by atoms with Crippen molar-refractivity contribution in [3.05, 3.63) is 29.8 Å². The summed E-state index contributed by atoms with van der Waals surface area (Å²) in [4.78, 5) is 23.6. The average molecular weight is 306 g/mol. The molecule has 1 aromatic carbocycles. The molecule has 0 saturated heterocycles. The van der Waals surface area contributed by atoms with Gasteiger partial charge in [-0.3, -0.25) is 9.59 Å². The molecule has 5 nitrogen and oxygen atoms in total. The van der Waals surface area contributed by atoms with Crippen LogP contribution in [0.4, 0.5) is 0 Å². The summed E-state index contributed by atoms with van der Waals surface area (Å²) in [6.45, 7) is 6.88. The van der Waals surface area contributed by atoms with Crippen molar-refractivity contribution in [1.82, 2.24) is 10.6 Å². The molecular formula is C17H26N2O3. The molecule has 0 bridgehead atoms. The van der Waals surface area contributed by atoms with E-state index < -0.39 is 6.04 Å². The summed E-state index contributed by atoms with van der Waals surface area (Å²) in [5, 5.41) is 5.34. The predicted octanol–water partition coefficient (Wildman–Crippen LogP) is 2.51. The lowest BCUT2D eigenvalue weighted by atomic mass is 10.2. The third-order valence-electron chi connectivity index (χ3n) is 3.23. The van der Waals surface area contributed by atoms with Crippen molar-refractivity contribution in [2.75, 3.05) is 13.2 Å². The SMILES string of the molecule is CCCCCOc1ccc(C(=O)N[C@H](C)C(=O)NCC)cc1. The molecular weight excluding hydrogens is 280 g/mol. The maximum Gasteiger partial charge on any atom is 0.251 e. The normalized spacial score (nSPS) is 11.6. The number of rotatable bonds is 9. The van der Waals surface area contributed by atoms with Gasteiger partial charge in [0.05, 0.1) is 6.61 Å². The minimum Gasteiger partial charge on any atom is -0.494 e. The number of benzene rings is 1. The van der Waals surface area contributed by atoms with Gasteiger partial charge in [0.1, 0.15) is 11.8 Å². The van der Waals surface area contributed by atoms with Crippen LogP contribution in [0.25, 0.3) is 0 Å². The van der Waals surface area contributed by atoms with Crippen molar-refractivity contribution in [2.45, 2.75) is 46.1 Å². The summed E-state index contributed by atoms with van der Waals surface area (Å²) in [6, 6.07) is 6.40. The van der Waals surface area contributed by atoms with Gasteiger partial charge in [-0.05, 0) is 44.5 Å². The fourth-order valence-electron chi connectivity index (χ4n) is 1.92. The lowest BCUT2D eigenvalue weighted by molar-refractivity contribution is -0.122. The number of hydrogen-bond donors (Lipinski definition) is 2. The van der Waals surface area contributed by atoms with Gasteiger partial charge < -0.3 is 15.4 Å². The van der Waals surface area contributed by atoms with Crippen LogP contribution in [0, 0.1) is 0 Å². The molecule has 0 aliphatic heterocycles. The van der Waals surface area contributed by atoms with Crippen molar-refractivity contribution < 1.29 is 14.3 Å². The number of unbranched alkanes of at least 4 members (excludes halogenated alkanes) is 2. The Morgan fingerprint density at radius 3 is 2.41 bits per heavy atom. The summed E-state index contributed by atoms with van der Waals surface area (Å²) in [5.41, 5.74) is 0.511. The molecule has 5 heteroatoms. The van der Waals surface area contributed by atoms with Gasteiger partial charge in [0.25, 0.3) is 5.91 Å². The molecule has 0 heterocycles. The Balaban J connectivity index is 2.48. The van der Waals surface area contributed by atoms with Crippen molar-refractivity contribution in [3.63, 3.8) is 0 Å². The third kappa shape index (κ3) is 6.16. The second-order valence-corrected chi connectivity index (χ2v) is 5.17. The number of hydrogen-bond acceptors (Lipinski definition) is 3. The zero-order valence-electron chi connectivity index (χ0n) is 13.6. The molecule has 1 atom stereocenters. The summed E-state index contributed by atoms with van der Waals surface area (Å²) >= 11 is 0. The highest BCUT2D eigenvalue weighted by molar-refractivity contribution is 5.97. The van der Waals surface area contributed by atoms with E-state index in [0.717, 1.165) is 25.0 Å². The Bertz CT molecular complexity index is 471. The fourth-order valence-corrected chi connectivity index (χ4v) is 1.92. The quantitative estimate of drug-likeness (QED) is 0.689. The van der Waals surface area contributed by atoms with Gasteiger partial charge in [-0.25, -0.2) is 0 Å². The first kappa shape index (κ1) is 18.0. The predicted molar refractivity (Wildman–Crippen MR) is 87.1 cm³/mol. The molecule has 22 heavy (non-hydrogen) atoms. The Hall–Kier alpha value is -2.04. The molecule has 0 aliphatic carbocycles. The van der Waals surface area contributed by atoms with E-state index in [1.54, 1.807) is 31.2 Å². The second-order valence-electron chi connectivity index (χ2n) is 5.17. The standard InChI is InChI=1S/C17H26N2O3/c1-4-6-7-12-22-15-10-8-14(9-11-15)17(21)19-13(3)16(20)18-5-2/h8-11,13H,4-7,12H2,1-3H3,(H,18,20)(H,19,21)/t13-/m1/s1. The number of carbonyl (C=O) groups is 2. The Kier molecular flexibility index (Phi) is 8.04. The topological polar surface area (TPSA) is 67.4 Å². The zero-order valence-corrected chi connectivity index (χ0v) is 13.6. The van der Waals surface area contributed by atoms with Crippen LogP contribution in [0.15, 0.2) is 24.3 Å². The minimum absolute atomic E-state index is 0.188. The molecule has 0 radical (unpaired) electrons. The maximum atomic E-state index is 12.0. The monoisotopic (exact) mass is 306 g/mol. The maximum absolute atomic E-state index is 12.0. The third-order valence-corrected chi connectivity index (χ3v) is 3.23. The summed E-state index contributed by atoms with van der Waals surface area (Å²) in [5.74, 6) is 0.299. The Morgan fingerprint density at radius 2 is 1.82 bits per heavy atom. The molecule has 0 spiro atoms. The average Bonchev–Trinajstić information content (AvgIpc) is 2.52. The van der Waals surface area contributed by atoms with Gasteiger partial charge in [0.2, 0.25) is 5.91 Å². The molecule has 0 fully saturated rings. The van der Waals surface area contributed by atoms with Crippen LogP contribution in [0.2, 0.25) is 0 Å².